The van der Waals surface area contributed by atoms with Crippen LogP contribution in [0.1, 0.15) is 20.8 Å². The third-order valence-corrected chi connectivity index (χ3v) is 2.33. The number of carbonyl (C=O) groups is 1. The van der Waals surface area contributed by atoms with E-state index in [1.807, 2.05) is 20.8 Å². The van der Waals surface area contributed by atoms with Crippen molar-refractivity contribution < 1.29 is 68.1 Å². The largest absolute Gasteiger partial charge is 1.00 e. The number of hydrogen-bond acceptors (Lipinski definition) is 1. The fourth-order valence-electron chi connectivity index (χ4n) is 1.26. The van der Waals surface area contributed by atoms with Crippen LogP contribution in [0.4, 0.5) is 0 Å². The van der Waals surface area contributed by atoms with E-state index >= 15 is 0 Å². The third-order valence-electron chi connectivity index (χ3n) is 2.33. The molecule has 0 aromatic rings. The molecule has 0 aliphatic heterocycles. The molecular formula is C7H11O2Rb. The Morgan fingerprint density at radius 1 is 1.60 bits per heavy atom. The first-order valence-corrected chi connectivity index (χ1v) is 3.04. The third kappa shape index (κ3) is 1.71. The summed E-state index contributed by atoms with van der Waals surface area (Å²) in [5.41, 5.74) is -0.0359. The molecule has 10 heavy (non-hydrogen) atoms. The molecule has 1 fully saturated rings. The SMILES string of the molecule is C[C-]1C(C(=O)O)C1(C)C.[Rb+]. The molecule has 0 heterocycles. The zero-order valence-corrected chi connectivity index (χ0v) is 11.8. The van der Waals surface area contributed by atoms with Gasteiger partial charge in [0.1, 0.15) is 0 Å². The summed E-state index contributed by atoms with van der Waals surface area (Å²) >= 11 is 0. The zero-order chi connectivity index (χ0) is 7.23. The average molecular weight is 213 g/mol. The van der Waals surface area contributed by atoms with Gasteiger partial charge < -0.3 is 11.0 Å². The second-order valence-electron chi connectivity index (χ2n) is 3.18. The van der Waals surface area contributed by atoms with E-state index in [0.717, 1.165) is 5.92 Å². The van der Waals surface area contributed by atoms with Gasteiger partial charge in [-0.3, -0.25) is 4.79 Å². The molecule has 0 bridgehead atoms. The maximum absolute atomic E-state index is 10.4. The minimum Gasteiger partial charge on any atom is -0.483 e. The van der Waals surface area contributed by atoms with Crippen molar-refractivity contribution >= 4 is 5.97 Å². The topological polar surface area (TPSA) is 37.3 Å². The number of carboxylic acids is 1. The van der Waals surface area contributed by atoms with Crippen LogP contribution < -0.4 is 58.2 Å². The number of rotatable bonds is 1. The summed E-state index contributed by atoms with van der Waals surface area (Å²) < 4.78 is 0. The van der Waals surface area contributed by atoms with Crippen molar-refractivity contribution in [3.63, 3.8) is 0 Å². The Labute approximate surface area is 110 Å². The van der Waals surface area contributed by atoms with Crippen LogP contribution in [-0.4, -0.2) is 11.1 Å². The Bertz CT molecular complexity index is 154. The zero-order valence-electron chi connectivity index (χ0n) is 6.93. The van der Waals surface area contributed by atoms with Gasteiger partial charge in [0.05, 0.1) is 0 Å². The van der Waals surface area contributed by atoms with Gasteiger partial charge in [0.15, 0.2) is 0 Å². The molecule has 52 valence electrons. The van der Waals surface area contributed by atoms with Crippen molar-refractivity contribution in [2.75, 3.05) is 0 Å². The van der Waals surface area contributed by atoms with Crippen LogP contribution in [-0.2, 0) is 4.79 Å². The number of carboxylic acid groups (broad SMARTS) is 1. The van der Waals surface area contributed by atoms with E-state index in [4.69, 9.17) is 5.11 Å². The second-order valence-corrected chi connectivity index (χ2v) is 3.18. The number of aliphatic carboxylic acids is 1. The normalized spacial score (nSPS) is 28.9. The summed E-state index contributed by atoms with van der Waals surface area (Å²) in [5.74, 6) is 0.227. The Hall–Kier alpha value is 1.28. The molecule has 1 aliphatic rings. The van der Waals surface area contributed by atoms with Gasteiger partial charge in [-0.15, -0.1) is 0 Å². The first-order valence-electron chi connectivity index (χ1n) is 3.04. The van der Waals surface area contributed by atoms with Crippen LogP contribution in [0.2, 0.25) is 0 Å². The van der Waals surface area contributed by atoms with Crippen LogP contribution in [0.25, 0.3) is 0 Å². The van der Waals surface area contributed by atoms with Gasteiger partial charge in [-0.05, 0) is 0 Å². The van der Waals surface area contributed by atoms with Crippen molar-refractivity contribution in [3.8, 4) is 0 Å². The molecule has 0 aromatic heterocycles. The summed E-state index contributed by atoms with van der Waals surface area (Å²) in [6, 6.07) is 0. The molecule has 1 unspecified atom stereocenters. The molecular weight excluding hydrogens is 202 g/mol. The molecule has 3 heteroatoms. The van der Waals surface area contributed by atoms with Crippen LogP contribution in [0.15, 0.2) is 0 Å². The molecule has 0 aromatic carbocycles. The standard InChI is InChI=1S/C7H11O2.Rb/c1-4-5(6(8)9)7(4,2)3;/h5H,1-3H3,(H,8,9);/q-1;+1. The molecule has 0 saturated heterocycles. The minimum absolute atomic E-state index is 0. The molecule has 0 amide bonds. The van der Waals surface area contributed by atoms with Gasteiger partial charge in [-0.2, -0.15) is 12.3 Å². The van der Waals surface area contributed by atoms with E-state index in [1.165, 1.54) is 0 Å². The molecule has 2 nitrogen and oxygen atoms in total. The maximum Gasteiger partial charge on any atom is 1.00 e. The van der Waals surface area contributed by atoms with E-state index in [1.54, 1.807) is 0 Å². The van der Waals surface area contributed by atoms with Crippen LogP contribution >= 0.6 is 0 Å². The van der Waals surface area contributed by atoms with Gasteiger partial charge >= 0.3 is 58.2 Å². The minimum atomic E-state index is -0.683. The fraction of sp³-hybridized carbons (Fsp3) is 0.714. The summed E-state index contributed by atoms with van der Waals surface area (Å²) in [6.07, 6.45) is 0. The predicted octanol–water partition coefficient (Wildman–Crippen LogP) is -1.67. The summed E-state index contributed by atoms with van der Waals surface area (Å²) in [7, 11) is 0. The smallest absolute Gasteiger partial charge is 0.483 e. The first-order chi connectivity index (χ1) is 3.98. The maximum atomic E-state index is 10.4. The average Bonchev–Trinajstić information content (AvgIpc) is 2.07. The van der Waals surface area contributed by atoms with Crippen LogP contribution in [0, 0.1) is 17.3 Å². The monoisotopic (exact) mass is 212 g/mol. The van der Waals surface area contributed by atoms with Gasteiger partial charge in [-0.1, -0.05) is 19.8 Å². The van der Waals surface area contributed by atoms with E-state index in [0.29, 0.717) is 0 Å². The van der Waals surface area contributed by atoms with Crippen molar-refractivity contribution in [2.45, 2.75) is 20.8 Å². The van der Waals surface area contributed by atoms with Crippen molar-refractivity contribution in [1.29, 1.82) is 0 Å². The van der Waals surface area contributed by atoms with Gasteiger partial charge in [0.2, 0.25) is 0 Å². The molecule has 1 atom stereocenters. The van der Waals surface area contributed by atoms with Crippen LogP contribution in [0.5, 0.6) is 0 Å². The van der Waals surface area contributed by atoms with E-state index in [2.05, 4.69) is 0 Å². The summed E-state index contributed by atoms with van der Waals surface area (Å²) in [4.78, 5) is 10.4. The fourth-order valence-corrected chi connectivity index (χ4v) is 1.26. The van der Waals surface area contributed by atoms with Crippen molar-refractivity contribution in [3.05, 3.63) is 5.92 Å². The van der Waals surface area contributed by atoms with Gasteiger partial charge in [-0.25, -0.2) is 0 Å². The Kier molecular flexibility index (Phi) is 3.76. The van der Waals surface area contributed by atoms with E-state index < -0.39 is 5.97 Å². The molecule has 1 saturated carbocycles. The molecule has 1 aliphatic carbocycles. The quantitative estimate of drug-likeness (QED) is 0.528. The van der Waals surface area contributed by atoms with Crippen molar-refractivity contribution in [1.82, 2.24) is 0 Å². The molecule has 0 radical (unpaired) electrons. The van der Waals surface area contributed by atoms with E-state index in [9.17, 15) is 4.79 Å². The molecule has 1 rings (SSSR count). The molecule has 0 spiro atoms. The van der Waals surface area contributed by atoms with Crippen molar-refractivity contribution in [2.24, 2.45) is 11.3 Å². The van der Waals surface area contributed by atoms with Gasteiger partial charge in [0.25, 0.3) is 5.97 Å². The first kappa shape index (κ1) is 11.3. The Morgan fingerprint density at radius 2 is 1.90 bits per heavy atom. The summed E-state index contributed by atoms with van der Waals surface area (Å²) in [5, 5.41) is 8.54. The molecule has 1 N–H and O–H groups in total. The summed E-state index contributed by atoms with van der Waals surface area (Å²) in [6.45, 7) is 5.82. The van der Waals surface area contributed by atoms with E-state index in [-0.39, 0.29) is 69.5 Å². The van der Waals surface area contributed by atoms with Gasteiger partial charge in [0, 0.05) is 0 Å². The second kappa shape index (κ2) is 3.34. The Balaban J connectivity index is 0.000000810. The number of hydrogen-bond donors (Lipinski definition) is 1. The Morgan fingerprint density at radius 3 is 1.90 bits per heavy atom. The predicted molar refractivity (Wildman–Crippen MR) is 33.8 cm³/mol. The van der Waals surface area contributed by atoms with Crippen LogP contribution in [0.3, 0.4) is 0 Å².